The van der Waals surface area contributed by atoms with Gasteiger partial charge in [-0.1, -0.05) is 60.7 Å². The van der Waals surface area contributed by atoms with Gasteiger partial charge in [0.1, 0.15) is 0 Å². The van der Waals surface area contributed by atoms with Crippen LogP contribution in [0.1, 0.15) is 30.4 Å². The molecule has 2 aromatic rings. The molecule has 0 aromatic heterocycles. The third kappa shape index (κ3) is 3.72. The lowest BCUT2D eigenvalue weighted by atomic mass is 10.1. The van der Waals surface area contributed by atoms with E-state index in [0.29, 0.717) is 0 Å². The first-order valence-electron chi connectivity index (χ1n) is 7.83. The highest BCUT2D eigenvalue weighted by atomic mass is 16.3. The maximum Gasteiger partial charge on any atom is 0.0695 e. The Balaban J connectivity index is 1.77. The van der Waals surface area contributed by atoms with Gasteiger partial charge in [-0.25, -0.2) is 0 Å². The van der Waals surface area contributed by atoms with Gasteiger partial charge in [-0.3, -0.25) is 4.90 Å². The second-order valence-corrected chi connectivity index (χ2v) is 5.94. The van der Waals surface area contributed by atoms with Crippen molar-refractivity contribution in [2.24, 2.45) is 0 Å². The van der Waals surface area contributed by atoms with Crippen LogP contribution in [0.3, 0.4) is 0 Å². The number of rotatable bonds is 5. The normalized spacial score (nSPS) is 21.8. The van der Waals surface area contributed by atoms with E-state index in [-0.39, 0.29) is 12.1 Å². The molecule has 0 unspecified atom stereocenters. The average molecular weight is 281 g/mol. The SMILES string of the molecule is O[C@H]1CCC[C@@H]1N(Cc1ccccc1)Cc1ccccc1. The second kappa shape index (κ2) is 6.88. The zero-order chi connectivity index (χ0) is 14.5. The summed E-state index contributed by atoms with van der Waals surface area (Å²) in [4.78, 5) is 2.43. The van der Waals surface area contributed by atoms with Crippen LogP contribution in [0.5, 0.6) is 0 Å². The lowest BCUT2D eigenvalue weighted by Gasteiger charge is -2.31. The molecule has 0 saturated heterocycles. The van der Waals surface area contributed by atoms with E-state index in [1.54, 1.807) is 0 Å². The van der Waals surface area contributed by atoms with Gasteiger partial charge in [0.25, 0.3) is 0 Å². The summed E-state index contributed by atoms with van der Waals surface area (Å²) in [6.07, 6.45) is 2.98. The lowest BCUT2D eigenvalue weighted by molar-refractivity contribution is 0.0609. The first-order chi connectivity index (χ1) is 10.3. The zero-order valence-electron chi connectivity index (χ0n) is 12.4. The molecule has 1 aliphatic carbocycles. The summed E-state index contributed by atoms with van der Waals surface area (Å²) in [5, 5.41) is 10.3. The average Bonchev–Trinajstić information content (AvgIpc) is 2.95. The molecule has 3 rings (SSSR count). The Hall–Kier alpha value is -1.64. The van der Waals surface area contributed by atoms with Crippen molar-refractivity contribution in [3.05, 3.63) is 71.8 Å². The Morgan fingerprint density at radius 3 is 1.76 bits per heavy atom. The van der Waals surface area contributed by atoms with Gasteiger partial charge >= 0.3 is 0 Å². The van der Waals surface area contributed by atoms with Gasteiger partial charge in [-0.15, -0.1) is 0 Å². The minimum absolute atomic E-state index is 0.183. The highest BCUT2D eigenvalue weighted by molar-refractivity contribution is 5.17. The molecule has 2 aromatic carbocycles. The van der Waals surface area contributed by atoms with Gasteiger partial charge in [-0.05, 0) is 30.4 Å². The summed E-state index contributed by atoms with van der Waals surface area (Å²) in [5.41, 5.74) is 2.63. The van der Waals surface area contributed by atoms with Crippen LogP contribution in [0, 0.1) is 0 Å². The minimum atomic E-state index is -0.183. The third-order valence-electron chi connectivity index (χ3n) is 4.37. The molecule has 2 heteroatoms. The molecule has 1 fully saturated rings. The summed E-state index contributed by atoms with van der Waals surface area (Å²) >= 11 is 0. The Morgan fingerprint density at radius 2 is 1.33 bits per heavy atom. The molecule has 1 N–H and O–H groups in total. The van der Waals surface area contributed by atoms with Crippen LogP contribution >= 0.6 is 0 Å². The van der Waals surface area contributed by atoms with E-state index in [1.807, 2.05) is 0 Å². The molecule has 2 atom stereocenters. The Bertz CT molecular complexity index is 499. The summed E-state index contributed by atoms with van der Waals surface area (Å²) in [6.45, 7) is 1.80. The van der Waals surface area contributed by atoms with Crippen LogP contribution in [-0.2, 0) is 13.1 Å². The molecule has 0 aliphatic heterocycles. The second-order valence-electron chi connectivity index (χ2n) is 5.94. The van der Waals surface area contributed by atoms with Gasteiger partial charge in [0.2, 0.25) is 0 Å². The van der Waals surface area contributed by atoms with Crippen LogP contribution in [0.15, 0.2) is 60.7 Å². The van der Waals surface area contributed by atoms with Gasteiger partial charge in [-0.2, -0.15) is 0 Å². The first-order valence-corrected chi connectivity index (χ1v) is 7.83. The van der Waals surface area contributed by atoms with E-state index in [2.05, 4.69) is 65.6 Å². The predicted octanol–water partition coefficient (Wildman–Crippen LogP) is 3.60. The molecular formula is C19H23NO. The van der Waals surface area contributed by atoms with Crippen molar-refractivity contribution in [2.75, 3.05) is 0 Å². The summed E-state index contributed by atoms with van der Waals surface area (Å²) in [7, 11) is 0. The molecule has 0 bridgehead atoms. The number of aliphatic hydroxyl groups excluding tert-OH is 1. The third-order valence-corrected chi connectivity index (χ3v) is 4.37. The maximum absolute atomic E-state index is 10.3. The van der Waals surface area contributed by atoms with Crippen LogP contribution in [0.4, 0.5) is 0 Å². The quantitative estimate of drug-likeness (QED) is 0.905. The van der Waals surface area contributed by atoms with Crippen LogP contribution < -0.4 is 0 Å². The maximum atomic E-state index is 10.3. The number of benzene rings is 2. The Morgan fingerprint density at radius 1 is 0.810 bits per heavy atom. The molecule has 0 radical (unpaired) electrons. The van der Waals surface area contributed by atoms with Crippen LogP contribution in [0.25, 0.3) is 0 Å². The van der Waals surface area contributed by atoms with Gasteiger partial charge in [0.05, 0.1) is 6.10 Å². The van der Waals surface area contributed by atoms with Crippen molar-refractivity contribution in [1.82, 2.24) is 4.90 Å². The Labute approximate surface area is 127 Å². The molecule has 0 amide bonds. The number of nitrogens with zero attached hydrogens (tertiary/aromatic N) is 1. The highest BCUT2D eigenvalue weighted by Gasteiger charge is 2.30. The van der Waals surface area contributed by atoms with E-state index < -0.39 is 0 Å². The number of hydrogen-bond donors (Lipinski definition) is 1. The van der Waals surface area contributed by atoms with E-state index in [0.717, 1.165) is 32.4 Å². The fraction of sp³-hybridized carbons (Fsp3) is 0.368. The van der Waals surface area contributed by atoms with Gasteiger partial charge in [0, 0.05) is 19.1 Å². The topological polar surface area (TPSA) is 23.5 Å². The van der Waals surface area contributed by atoms with Crippen LogP contribution in [-0.4, -0.2) is 22.2 Å². The molecule has 1 aliphatic rings. The van der Waals surface area contributed by atoms with E-state index in [4.69, 9.17) is 0 Å². The number of aliphatic hydroxyl groups is 1. The standard InChI is InChI=1S/C19H23NO/c21-19-13-7-12-18(19)20(14-16-8-3-1-4-9-16)15-17-10-5-2-6-11-17/h1-6,8-11,18-19,21H,7,12-15H2/t18-,19-/m0/s1. The highest BCUT2D eigenvalue weighted by Crippen LogP contribution is 2.27. The van der Waals surface area contributed by atoms with Crippen molar-refractivity contribution in [1.29, 1.82) is 0 Å². The molecule has 0 spiro atoms. The van der Waals surface area contributed by atoms with Gasteiger partial charge in [0.15, 0.2) is 0 Å². The smallest absolute Gasteiger partial charge is 0.0695 e. The zero-order valence-corrected chi connectivity index (χ0v) is 12.4. The van der Waals surface area contributed by atoms with E-state index >= 15 is 0 Å². The predicted molar refractivity (Wildman–Crippen MR) is 85.8 cm³/mol. The largest absolute Gasteiger partial charge is 0.391 e. The molecular weight excluding hydrogens is 258 g/mol. The fourth-order valence-corrected chi connectivity index (χ4v) is 3.27. The van der Waals surface area contributed by atoms with Crippen molar-refractivity contribution in [3.63, 3.8) is 0 Å². The lowest BCUT2D eigenvalue weighted by Crippen LogP contribution is -2.39. The fourth-order valence-electron chi connectivity index (χ4n) is 3.27. The monoisotopic (exact) mass is 281 g/mol. The summed E-state index contributed by atoms with van der Waals surface area (Å²) in [5.74, 6) is 0. The Kier molecular flexibility index (Phi) is 4.69. The summed E-state index contributed by atoms with van der Waals surface area (Å²) in [6, 6.07) is 21.4. The molecule has 2 nitrogen and oxygen atoms in total. The molecule has 0 heterocycles. The van der Waals surface area contributed by atoms with Gasteiger partial charge < -0.3 is 5.11 Å². The first kappa shape index (κ1) is 14.3. The van der Waals surface area contributed by atoms with Crippen molar-refractivity contribution < 1.29 is 5.11 Å². The molecule has 110 valence electrons. The molecule has 1 saturated carbocycles. The van der Waals surface area contributed by atoms with Crippen LogP contribution in [0.2, 0.25) is 0 Å². The summed E-state index contributed by atoms with van der Waals surface area (Å²) < 4.78 is 0. The molecule has 21 heavy (non-hydrogen) atoms. The van der Waals surface area contributed by atoms with E-state index in [9.17, 15) is 5.11 Å². The van der Waals surface area contributed by atoms with Crippen molar-refractivity contribution in [2.45, 2.75) is 44.5 Å². The van der Waals surface area contributed by atoms with Crippen molar-refractivity contribution in [3.8, 4) is 0 Å². The minimum Gasteiger partial charge on any atom is -0.391 e. The number of hydrogen-bond acceptors (Lipinski definition) is 2. The van der Waals surface area contributed by atoms with E-state index in [1.165, 1.54) is 11.1 Å². The van der Waals surface area contributed by atoms with Crippen molar-refractivity contribution >= 4 is 0 Å².